The Morgan fingerprint density at radius 2 is 1.88 bits per heavy atom. The molecular formula is C15H15ClN4O5S. The Balaban J connectivity index is 2.14. The normalized spacial score (nSPS) is 14.7. The van der Waals surface area contributed by atoms with Gasteiger partial charge < -0.3 is 4.90 Å². The second kappa shape index (κ2) is 6.61. The molecule has 1 saturated heterocycles. The molecule has 0 atom stereocenters. The highest BCUT2D eigenvalue weighted by atomic mass is 35.5. The number of nitrogens with one attached hydrogen (secondary N) is 2. The van der Waals surface area contributed by atoms with Gasteiger partial charge in [0.25, 0.3) is 5.56 Å². The van der Waals surface area contributed by atoms with Crippen molar-refractivity contribution >= 4 is 33.4 Å². The first-order valence-corrected chi connectivity index (χ1v) is 9.41. The minimum Gasteiger partial charge on any atom is -0.312 e. The summed E-state index contributed by atoms with van der Waals surface area (Å²) >= 11 is 5.99. The number of H-pyrrole nitrogens is 1. The molecule has 1 aliphatic heterocycles. The Kier molecular flexibility index (Phi) is 4.63. The minimum absolute atomic E-state index is 0.0991. The Morgan fingerprint density at radius 3 is 2.46 bits per heavy atom. The van der Waals surface area contributed by atoms with E-state index in [1.807, 2.05) is 4.98 Å². The van der Waals surface area contributed by atoms with Gasteiger partial charge >= 0.3 is 15.8 Å². The van der Waals surface area contributed by atoms with Crippen LogP contribution in [-0.2, 0) is 10.1 Å². The molecule has 2 N–H and O–H groups in total. The maximum Gasteiger partial charge on any atom is 0.364 e. The molecular weight excluding hydrogens is 384 g/mol. The molecule has 0 amide bonds. The second-order valence-electron chi connectivity index (χ2n) is 5.73. The number of rotatable bonds is 4. The van der Waals surface area contributed by atoms with Crippen molar-refractivity contribution < 1.29 is 12.7 Å². The number of halogens is 1. The topological polar surface area (TPSA) is 125 Å². The van der Waals surface area contributed by atoms with Crippen LogP contribution in [0.2, 0.25) is 5.02 Å². The van der Waals surface area contributed by atoms with Gasteiger partial charge in [-0.3, -0.25) is 19.5 Å². The van der Waals surface area contributed by atoms with Crippen molar-refractivity contribution in [3.63, 3.8) is 0 Å². The smallest absolute Gasteiger partial charge is 0.312 e. The van der Waals surface area contributed by atoms with E-state index < -0.39 is 26.4 Å². The molecule has 2 aromatic rings. The Hall–Kier alpha value is -2.59. The van der Waals surface area contributed by atoms with Gasteiger partial charge in [0.2, 0.25) is 0 Å². The average molecular weight is 399 g/mol. The lowest BCUT2D eigenvalue weighted by Gasteiger charge is -2.22. The van der Waals surface area contributed by atoms with E-state index in [1.165, 1.54) is 17.0 Å². The summed E-state index contributed by atoms with van der Waals surface area (Å²) in [7, 11) is -4.37. The fourth-order valence-electron chi connectivity index (χ4n) is 2.54. The summed E-state index contributed by atoms with van der Waals surface area (Å²) in [5.74, 6) is -0.180. The van der Waals surface area contributed by atoms with Gasteiger partial charge in [-0.1, -0.05) is 34.0 Å². The molecule has 138 valence electrons. The standard InChI is InChI=1S/C15H15ClN4O5S/c1-9-4-6-10(7-5-9)26(23,24)25-20-14(19-8-2-3-11(19)17)12(16)13(21)18-15(20)22/h4-7,17H,2-3,8H2,1H3,(H,18,21,22). The molecule has 9 nitrogen and oxygen atoms in total. The number of aryl methyl sites for hydroxylation is 1. The molecule has 0 aliphatic carbocycles. The number of aromatic amines is 1. The summed E-state index contributed by atoms with van der Waals surface area (Å²) in [4.78, 5) is 27.1. The van der Waals surface area contributed by atoms with Crippen LogP contribution in [0.15, 0.2) is 38.8 Å². The number of anilines is 1. The van der Waals surface area contributed by atoms with Gasteiger partial charge in [-0.15, -0.1) is 0 Å². The third-order valence-electron chi connectivity index (χ3n) is 3.85. The van der Waals surface area contributed by atoms with Crippen molar-refractivity contribution in [2.45, 2.75) is 24.7 Å². The fraction of sp³-hybridized carbons (Fsp3) is 0.267. The average Bonchev–Trinajstić information content (AvgIpc) is 2.99. The van der Waals surface area contributed by atoms with E-state index >= 15 is 0 Å². The third kappa shape index (κ3) is 3.25. The zero-order valence-electron chi connectivity index (χ0n) is 13.7. The van der Waals surface area contributed by atoms with E-state index in [9.17, 15) is 18.0 Å². The van der Waals surface area contributed by atoms with Crippen molar-refractivity contribution in [2.24, 2.45) is 0 Å². The molecule has 0 radical (unpaired) electrons. The van der Waals surface area contributed by atoms with Crippen LogP contribution in [0.5, 0.6) is 0 Å². The minimum atomic E-state index is -4.37. The van der Waals surface area contributed by atoms with Gasteiger partial charge in [-0.05, 0) is 25.5 Å². The molecule has 0 bridgehead atoms. The zero-order valence-corrected chi connectivity index (χ0v) is 15.2. The molecule has 0 spiro atoms. The quantitative estimate of drug-likeness (QED) is 0.787. The molecule has 1 aromatic heterocycles. The summed E-state index contributed by atoms with van der Waals surface area (Å²) in [6.45, 7) is 2.09. The lowest BCUT2D eigenvalue weighted by atomic mass is 10.2. The molecule has 2 heterocycles. The van der Waals surface area contributed by atoms with Gasteiger partial charge in [0.05, 0.1) is 0 Å². The van der Waals surface area contributed by atoms with E-state index in [-0.39, 0.29) is 16.5 Å². The van der Waals surface area contributed by atoms with Gasteiger partial charge in [0, 0.05) is 13.0 Å². The molecule has 1 fully saturated rings. The molecule has 0 unspecified atom stereocenters. The Labute approximate surface area is 153 Å². The van der Waals surface area contributed by atoms with Crippen molar-refractivity contribution in [3.05, 3.63) is 55.7 Å². The summed E-state index contributed by atoms with van der Waals surface area (Å²) in [6.07, 6.45) is 1.00. The predicted octanol–water partition coefficient (Wildman–Crippen LogP) is 0.893. The van der Waals surface area contributed by atoms with Crippen LogP contribution >= 0.6 is 11.6 Å². The van der Waals surface area contributed by atoms with Crippen LogP contribution < -0.4 is 20.4 Å². The number of hydrogen-bond acceptors (Lipinski definition) is 6. The van der Waals surface area contributed by atoms with Gasteiger partial charge in [-0.2, -0.15) is 8.42 Å². The number of benzene rings is 1. The lowest BCUT2D eigenvalue weighted by Crippen LogP contribution is -2.42. The van der Waals surface area contributed by atoms with Crippen LogP contribution in [0.1, 0.15) is 18.4 Å². The summed E-state index contributed by atoms with van der Waals surface area (Å²) in [5.41, 5.74) is -1.15. The van der Waals surface area contributed by atoms with Crippen LogP contribution in [0.4, 0.5) is 5.82 Å². The monoisotopic (exact) mass is 398 g/mol. The van der Waals surface area contributed by atoms with E-state index in [0.717, 1.165) is 5.56 Å². The molecule has 11 heteroatoms. The summed E-state index contributed by atoms with van der Waals surface area (Å²) in [6, 6.07) is 5.83. The van der Waals surface area contributed by atoms with E-state index in [1.54, 1.807) is 19.1 Å². The van der Waals surface area contributed by atoms with Gasteiger partial charge in [0.1, 0.15) is 10.7 Å². The molecule has 0 saturated carbocycles. The molecule has 1 aromatic carbocycles. The first kappa shape index (κ1) is 18.2. The van der Waals surface area contributed by atoms with Crippen molar-refractivity contribution in [3.8, 4) is 0 Å². The maximum atomic E-state index is 12.5. The highest BCUT2D eigenvalue weighted by Crippen LogP contribution is 2.26. The largest absolute Gasteiger partial charge is 0.364 e. The van der Waals surface area contributed by atoms with E-state index in [4.69, 9.17) is 21.3 Å². The second-order valence-corrected chi connectivity index (χ2v) is 7.64. The van der Waals surface area contributed by atoms with Crippen molar-refractivity contribution in [1.29, 1.82) is 5.41 Å². The summed E-state index contributed by atoms with van der Waals surface area (Å²) in [5, 5.41) is 7.50. The van der Waals surface area contributed by atoms with Crippen molar-refractivity contribution in [1.82, 2.24) is 9.71 Å². The highest BCUT2D eigenvalue weighted by molar-refractivity contribution is 7.87. The predicted molar refractivity (Wildman–Crippen MR) is 95.6 cm³/mol. The van der Waals surface area contributed by atoms with Gasteiger partial charge in [0.15, 0.2) is 10.8 Å². The molecule has 1 aliphatic rings. The Morgan fingerprint density at radius 1 is 1.23 bits per heavy atom. The molecule has 3 rings (SSSR count). The number of hydrogen-bond donors (Lipinski definition) is 2. The number of aromatic nitrogens is 2. The zero-order chi connectivity index (χ0) is 19.1. The number of amidine groups is 1. The first-order chi connectivity index (χ1) is 12.2. The first-order valence-electron chi connectivity index (χ1n) is 7.62. The van der Waals surface area contributed by atoms with Crippen LogP contribution in [-0.4, -0.2) is 30.5 Å². The van der Waals surface area contributed by atoms with E-state index in [0.29, 0.717) is 24.1 Å². The van der Waals surface area contributed by atoms with Crippen LogP contribution in [0.25, 0.3) is 0 Å². The van der Waals surface area contributed by atoms with Crippen LogP contribution in [0.3, 0.4) is 0 Å². The number of nitrogens with zero attached hydrogens (tertiary/aromatic N) is 2. The third-order valence-corrected chi connectivity index (χ3v) is 5.39. The van der Waals surface area contributed by atoms with Crippen LogP contribution in [0, 0.1) is 12.3 Å². The molecule has 26 heavy (non-hydrogen) atoms. The maximum absolute atomic E-state index is 12.5. The fourth-order valence-corrected chi connectivity index (χ4v) is 3.66. The lowest BCUT2D eigenvalue weighted by molar-refractivity contribution is 0.264. The highest BCUT2D eigenvalue weighted by Gasteiger charge is 2.29. The van der Waals surface area contributed by atoms with Gasteiger partial charge in [-0.25, -0.2) is 4.79 Å². The van der Waals surface area contributed by atoms with E-state index in [2.05, 4.69) is 0 Å². The van der Waals surface area contributed by atoms with Crippen molar-refractivity contribution in [2.75, 3.05) is 11.4 Å². The summed E-state index contributed by atoms with van der Waals surface area (Å²) < 4.78 is 30.4. The SMILES string of the molecule is Cc1ccc(S(=O)(=O)On2c(N3CCCC3=N)c(Cl)c(=O)[nH]c2=O)cc1. The Bertz CT molecular complexity index is 1090.